The molecular weight excluding hydrogens is 372 g/mol. The first-order valence-corrected chi connectivity index (χ1v) is 8.62. The van der Waals surface area contributed by atoms with E-state index in [1.54, 1.807) is 0 Å². The molecule has 0 N–H and O–H groups in total. The van der Waals surface area contributed by atoms with Gasteiger partial charge in [0.2, 0.25) is 0 Å². The van der Waals surface area contributed by atoms with Crippen molar-refractivity contribution in [1.29, 1.82) is 0 Å². The predicted octanol–water partition coefficient (Wildman–Crippen LogP) is 7.68. The molecule has 0 atom stereocenters. The third-order valence-electron chi connectivity index (χ3n) is 3.99. The average Bonchev–Trinajstić information content (AvgIpc) is 3.09. The van der Waals surface area contributed by atoms with Crippen LogP contribution in [0.25, 0.3) is 33.8 Å². The topological polar surface area (TPSA) is 13.1 Å². The summed E-state index contributed by atoms with van der Waals surface area (Å²) in [6.45, 7) is 0. The van der Waals surface area contributed by atoms with Crippen molar-refractivity contribution in [2.24, 2.45) is 0 Å². The highest BCUT2D eigenvalue weighted by Gasteiger charge is 2.16. The van der Waals surface area contributed by atoms with E-state index in [1.165, 1.54) is 0 Å². The molecule has 0 saturated heterocycles. The number of halogens is 1. The molecule has 3 aromatic carbocycles. The van der Waals surface area contributed by atoms with Gasteiger partial charge in [0.25, 0.3) is 0 Å². The van der Waals surface area contributed by atoms with Crippen molar-refractivity contribution >= 4 is 15.9 Å². The van der Waals surface area contributed by atoms with Gasteiger partial charge in [-0.2, -0.15) is 0 Å². The van der Waals surface area contributed by atoms with E-state index in [-0.39, 0.29) is 7.43 Å². The third-order valence-corrected chi connectivity index (χ3v) is 4.68. The molecule has 0 bridgehead atoms. The maximum absolute atomic E-state index is 6.29. The van der Waals surface area contributed by atoms with Gasteiger partial charge >= 0.3 is 0 Å². The summed E-state index contributed by atoms with van der Waals surface area (Å²) in [7, 11) is 0. The Hall–Kier alpha value is -2.58. The van der Waals surface area contributed by atoms with Crippen LogP contribution in [0.3, 0.4) is 0 Å². The summed E-state index contributed by atoms with van der Waals surface area (Å²) in [5.41, 5.74) is 4.39. The Kier molecular flexibility index (Phi) is 5.20. The van der Waals surface area contributed by atoms with Crippen LogP contribution in [-0.4, -0.2) is 0 Å². The van der Waals surface area contributed by atoms with Crippen molar-refractivity contribution in [2.45, 2.75) is 7.43 Å². The van der Waals surface area contributed by atoms with Gasteiger partial charge in [0.15, 0.2) is 0 Å². The molecule has 0 unspecified atom stereocenters. The SMILES string of the molecule is Brc1ccccc1-c1cc(-c2ccccc2)c(-c2ccccc2)o1.C. The average molecular weight is 391 g/mol. The van der Waals surface area contributed by atoms with Gasteiger partial charge in [-0.25, -0.2) is 0 Å². The minimum absolute atomic E-state index is 0. The largest absolute Gasteiger partial charge is 0.455 e. The van der Waals surface area contributed by atoms with Gasteiger partial charge in [0, 0.05) is 21.2 Å². The van der Waals surface area contributed by atoms with Crippen LogP contribution in [0.1, 0.15) is 7.43 Å². The van der Waals surface area contributed by atoms with Gasteiger partial charge in [0.05, 0.1) is 0 Å². The highest BCUT2D eigenvalue weighted by Crippen LogP contribution is 2.40. The van der Waals surface area contributed by atoms with E-state index in [1.807, 2.05) is 42.5 Å². The summed E-state index contributed by atoms with van der Waals surface area (Å²) >= 11 is 3.62. The van der Waals surface area contributed by atoms with E-state index in [9.17, 15) is 0 Å². The molecule has 0 aliphatic carbocycles. The van der Waals surface area contributed by atoms with Gasteiger partial charge < -0.3 is 4.42 Å². The van der Waals surface area contributed by atoms with Crippen LogP contribution in [0.15, 0.2) is 99.9 Å². The number of benzene rings is 3. The molecule has 0 aliphatic heterocycles. The Morgan fingerprint density at radius 2 is 1.16 bits per heavy atom. The molecule has 0 saturated carbocycles. The number of furan rings is 1. The zero-order chi connectivity index (χ0) is 16.4. The fraction of sp³-hybridized carbons (Fsp3) is 0.0435. The summed E-state index contributed by atoms with van der Waals surface area (Å²) in [5.74, 6) is 1.76. The van der Waals surface area contributed by atoms with Gasteiger partial charge in [-0.3, -0.25) is 0 Å². The molecule has 25 heavy (non-hydrogen) atoms. The van der Waals surface area contributed by atoms with Crippen LogP contribution < -0.4 is 0 Å². The molecule has 4 aromatic rings. The number of hydrogen-bond donors (Lipinski definition) is 0. The molecule has 0 spiro atoms. The van der Waals surface area contributed by atoms with E-state index in [2.05, 4.69) is 64.5 Å². The van der Waals surface area contributed by atoms with E-state index in [0.717, 1.165) is 38.2 Å². The van der Waals surface area contributed by atoms with Gasteiger partial charge in [-0.15, -0.1) is 0 Å². The lowest BCUT2D eigenvalue weighted by Crippen LogP contribution is -1.78. The fourth-order valence-corrected chi connectivity index (χ4v) is 3.30. The maximum Gasteiger partial charge on any atom is 0.142 e. The molecule has 0 fully saturated rings. The molecule has 124 valence electrons. The second kappa shape index (κ2) is 7.54. The Morgan fingerprint density at radius 3 is 1.80 bits per heavy atom. The predicted molar refractivity (Wildman–Crippen MR) is 109 cm³/mol. The number of hydrogen-bond acceptors (Lipinski definition) is 1. The normalized spacial score (nSPS) is 10.3. The minimum Gasteiger partial charge on any atom is -0.455 e. The van der Waals surface area contributed by atoms with Gasteiger partial charge in [0.1, 0.15) is 11.5 Å². The Balaban J connectivity index is 0.00000182. The van der Waals surface area contributed by atoms with E-state index < -0.39 is 0 Å². The Morgan fingerprint density at radius 1 is 0.600 bits per heavy atom. The standard InChI is InChI=1S/C22H15BrO.CH4/c23-20-14-8-7-13-18(20)21-15-19(16-9-3-1-4-10-16)22(24-21)17-11-5-2-6-12-17;/h1-15H;1H4. The van der Waals surface area contributed by atoms with Crippen molar-refractivity contribution in [3.8, 4) is 33.8 Å². The molecule has 0 amide bonds. The van der Waals surface area contributed by atoms with Crippen LogP contribution in [0, 0.1) is 0 Å². The first-order chi connectivity index (χ1) is 11.8. The molecule has 1 heterocycles. The van der Waals surface area contributed by atoms with E-state index >= 15 is 0 Å². The summed E-state index contributed by atoms with van der Waals surface area (Å²) in [5, 5.41) is 0. The summed E-state index contributed by atoms with van der Waals surface area (Å²) < 4.78 is 7.32. The van der Waals surface area contributed by atoms with Gasteiger partial charge in [-0.05, 0) is 17.7 Å². The summed E-state index contributed by atoms with van der Waals surface area (Å²) in [6, 6.07) is 30.8. The van der Waals surface area contributed by atoms with Crippen LogP contribution in [-0.2, 0) is 0 Å². The first-order valence-electron chi connectivity index (χ1n) is 7.82. The van der Waals surface area contributed by atoms with Crippen molar-refractivity contribution in [3.63, 3.8) is 0 Å². The van der Waals surface area contributed by atoms with Crippen molar-refractivity contribution in [3.05, 3.63) is 95.5 Å². The fourth-order valence-electron chi connectivity index (χ4n) is 2.82. The van der Waals surface area contributed by atoms with Crippen LogP contribution in [0.4, 0.5) is 0 Å². The second-order valence-electron chi connectivity index (χ2n) is 5.57. The summed E-state index contributed by atoms with van der Waals surface area (Å²) in [4.78, 5) is 0. The maximum atomic E-state index is 6.29. The van der Waals surface area contributed by atoms with Crippen molar-refractivity contribution in [1.82, 2.24) is 0 Å². The monoisotopic (exact) mass is 390 g/mol. The third kappa shape index (κ3) is 3.45. The first kappa shape index (κ1) is 17.2. The molecule has 2 heteroatoms. The van der Waals surface area contributed by atoms with Crippen LogP contribution in [0.2, 0.25) is 0 Å². The molecule has 1 nitrogen and oxygen atoms in total. The van der Waals surface area contributed by atoms with E-state index in [0.29, 0.717) is 0 Å². The van der Waals surface area contributed by atoms with E-state index in [4.69, 9.17) is 4.42 Å². The molecule has 4 rings (SSSR count). The zero-order valence-corrected chi connectivity index (χ0v) is 14.5. The molecule has 0 radical (unpaired) electrons. The smallest absolute Gasteiger partial charge is 0.142 e. The second-order valence-corrected chi connectivity index (χ2v) is 6.42. The minimum atomic E-state index is 0. The Labute approximate surface area is 157 Å². The van der Waals surface area contributed by atoms with Crippen LogP contribution >= 0.6 is 15.9 Å². The quantitative estimate of drug-likeness (QED) is 0.349. The van der Waals surface area contributed by atoms with Gasteiger partial charge in [-0.1, -0.05) is 102 Å². The van der Waals surface area contributed by atoms with Crippen molar-refractivity contribution < 1.29 is 4.42 Å². The number of rotatable bonds is 3. The highest BCUT2D eigenvalue weighted by atomic mass is 79.9. The lowest BCUT2D eigenvalue weighted by molar-refractivity contribution is 0.598. The van der Waals surface area contributed by atoms with Crippen molar-refractivity contribution in [2.75, 3.05) is 0 Å². The molecule has 0 aliphatic rings. The zero-order valence-electron chi connectivity index (χ0n) is 12.9. The van der Waals surface area contributed by atoms with Crippen LogP contribution in [0.5, 0.6) is 0 Å². The molecular formula is C23H19BrO. The molecule has 1 aromatic heterocycles. The lowest BCUT2D eigenvalue weighted by atomic mass is 10.0. The summed E-state index contributed by atoms with van der Waals surface area (Å²) in [6.07, 6.45) is 0. The lowest BCUT2D eigenvalue weighted by Gasteiger charge is -2.02. The Bertz CT molecular complexity index is 899. The highest BCUT2D eigenvalue weighted by molar-refractivity contribution is 9.10.